The highest BCUT2D eigenvalue weighted by atomic mass is 16.3. The Morgan fingerprint density at radius 2 is 1.63 bits per heavy atom. The normalized spacial score (nSPS) is 26.8. The van der Waals surface area contributed by atoms with Gasteiger partial charge in [-0.25, -0.2) is 0 Å². The summed E-state index contributed by atoms with van der Waals surface area (Å²) in [6.07, 6.45) is 7.38. The third-order valence-electron chi connectivity index (χ3n) is 9.55. The Kier molecular flexibility index (Phi) is 8.09. The fourth-order valence-corrected chi connectivity index (χ4v) is 7.25. The Hall–Kier alpha value is -3.62. The van der Waals surface area contributed by atoms with Gasteiger partial charge in [-0.15, -0.1) is 10.2 Å². The van der Waals surface area contributed by atoms with E-state index in [-0.39, 0.29) is 11.8 Å². The van der Waals surface area contributed by atoms with Gasteiger partial charge in [0.25, 0.3) is 0 Å². The summed E-state index contributed by atoms with van der Waals surface area (Å²) in [5, 5.41) is 22.2. The summed E-state index contributed by atoms with van der Waals surface area (Å²) in [6.45, 7) is 4.66. The molecule has 2 aromatic carbocycles. The smallest absolute Gasteiger partial charge is 0.225 e. The third-order valence-corrected chi connectivity index (χ3v) is 9.55. The maximum absolute atomic E-state index is 13.1. The second-order valence-electron chi connectivity index (χ2n) is 13.3. The van der Waals surface area contributed by atoms with E-state index in [2.05, 4.69) is 27.3 Å². The molecule has 0 radical (unpaired) electrons. The van der Waals surface area contributed by atoms with E-state index in [9.17, 15) is 14.7 Å². The Bertz CT molecular complexity index is 1450. The van der Waals surface area contributed by atoms with Crippen LogP contribution in [0, 0.1) is 11.8 Å². The van der Waals surface area contributed by atoms with Crippen molar-refractivity contribution in [3.8, 4) is 22.4 Å². The first kappa shape index (κ1) is 29.5. The highest BCUT2D eigenvalue weighted by molar-refractivity contribution is 5.91. The number of carbonyl (C=O) groups excluding carboxylic acids is 2. The summed E-state index contributed by atoms with van der Waals surface area (Å²) in [5.74, 6) is 1.25. The van der Waals surface area contributed by atoms with Crippen LogP contribution in [0.5, 0.6) is 0 Å². The fraction of sp³-hybridized carbons (Fsp3) is 0.486. The van der Waals surface area contributed by atoms with E-state index in [0.29, 0.717) is 42.9 Å². The predicted molar refractivity (Wildman–Crippen MR) is 168 cm³/mol. The SMILES string of the molecule is CCN(C(=O)C1CC1)C1CCC(CC(=O)Nc2cc(-c3ccccc3)c(-c3ccc(C4(N)CC(C)(O)C4)cc3)nn2)CC1. The molecule has 226 valence electrons. The zero-order valence-electron chi connectivity index (χ0n) is 25.3. The van der Waals surface area contributed by atoms with Gasteiger partial charge in [0.05, 0.1) is 5.60 Å². The molecule has 43 heavy (non-hydrogen) atoms. The molecule has 0 aliphatic heterocycles. The molecule has 6 rings (SSSR count). The lowest BCUT2D eigenvalue weighted by Gasteiger charge is -2.49. The molecule has 4 N–H and O–H groups in total. The standard InChI is InChI=1S/C35H43N5O3/c1-3-40(33(42)26-11-12-26)28-17-9-23(10-18-28)19-31(41)37-30-20-29(24-7-5-4-6-8-24)32(39-38-30)25-13-15-27(16-14-25)35(36)21-34(2,43)22-35/h4-8,13-16,20,23,26,28,43H,3,9-12,17-19,21-22,36H2,1-2H3,(H,37,38,41). The molecule has 3 fully saturated rings. The van der Waals surface area contributed by atoms with Crippen molar-refractivity contribution < 1.29 is 14.7 Å². The number of benzene rings is 2. The van der Waals surface area contributed by atoms with E-state index in [4.69, 9.17) is 5.73 Å². The summed E-state index contributed by atoms with van der Waals surface area (Å²) in [7, 11) is 0. The topological polar surface area (TPSA) is 121 Å². The summed E-state index contributed by atoms with van der Waals surface area (Å²) in [4.78, 5) is 27.8. The monoisotopic (exact) mass is 581 g/mol. The minimum Gasteiger partial charge on any atom is -0.390 e. The minimum atomic E-state index is -0.717. The second-order valence-corrected chi connectivity index (χ2v) is 13.3. The molecule has 8 heteroatoms. The van der Waals surface area contributed by atoms with E-state index >= 15 is 0 Å². The molecule has 8 nitrogen and oxygen atoms in total. The maximum atomic E-state index is 13.1. The highest BCUT2D eigenvalue weighted by Crippen LogP contribution is 2.46. The first-order valence-electron chi connectivity index (χ1n) is 15.8. The number of anilines is 1. The van der Waals surface area contributed by atoms with Crippen LogP contribution in [0.25, 0.3) is 22.4 Å². The van der Waals surface area contributed by atoms with Crippen LogP contribution in [0.1, 0.15) is 77.2 Å². The van der Waals surface area contributed by atoms with Crippen molar-refractivity contribution in [1.29, 1.82) is 0 Å². The van der Waals surface area contributed by atoms with Crippen molar-refractivity contribution in [3.63, 3.8) is 0 Å². The largest absolute Gasteiger partial charge is 0.390 e. The van der Waals surface area contributed by atoms with Crippen molar-refractivity contribution >= 4 is 17.6 Å². The molecule has 0 atom stereocenters. The highest BCUT2D eigenvalue weighted by Gasteiger charge is 2.49. The number of aromatic nitrogens is 2. The van der Waals surface area contributed by atoms with E-state index in [1.807, 2.05) is 67.6 Å². The summed E-state index contributed by atoms with van der Waals surface area (Å²) >= 11 is 0. The molecular weight excluding hydrogens is 538 g/mol. The quantitative estimate of drug-likeness (QED) is 0.300. The summed E-state index contributed by atoms with van der Waals surface area (Å²) in [6, 6.07) is 20.2. The average Bonchev–Trinajstić information content (AvgIpc) is 3.84. The fourth-order valence-electron chi connectivity index (χ4n) is 7.25. The molecular formula is C35H43N5O3. The number of carbonyl (C=O) groups is 2. The number of nitrogens with zero attached hydrogens (tertiary/aromatic N) is 3. The molecule has 1 heterocycles. The van der Waals surface area contributed by atoms with E-state index in [1.165, 1.54) is 0 Å². The minimum absolute atomic E-state index is 0.0557. The van der Waals surface area contributed by atoms with Crippen molar-refractivity contribution in [2.24, 2.45) is 17.6 Å². The zero-order chi connectivity index (χ0) is 30.2. The molecule has 0 unspecified atom stereocenters. The number of hydrogen-bond acceptors (Lipinski definition) is 6. The van der Waals surface area contributed by atoms with Gasteiger partial charge in [-0.05, 0) is 88.3 Å². The van der Waals surface area contributed by atoms with E-state index in [0.717, 1.165) is 73.0 Å². The number of rotatable bonds is 9. The van der Waals surface area contributed by atoms with Gasteiger partial charge in [-0.3, -0.25) is 9.59 Å². The summed E-state index contributed by atoms with van der Waals surface area (Å²) in [5.41, 5.74) is 9.80. The van der Waals surface area contributed by atoms with E-state index in [1.54, 1.807) is 0 Å². The number of hydrogen-bond donors (Lipinski definition) is 3. The Labute approximate surface area is 254 Å². The number of aliphatic hydroxyl groups is 1. The van der Waals surface area contributed by atoms with Gasteiger partial charge in [-0.1, -0.05) is 54.6 Å². The van der Waals surface area contributed by atoms with Crippen LogP contribution in [0.3, 0.4) is 0 Å². The van der Waals surface area contributed by atoms with Gasteiger partial charge >= 0.3 is 0 Å². The van der Waals surface area contributed by atoms with Gasteiger partial charge in [-0.2, -0.15) is 0 Å². The Morgan fingerprint density at radius 3 is 2.23 bits per heavy atom. The molecule has 2 amide bonds. The molecule has 3 aromatic rings. The average molecular weight is 582 g/mol. The number of nitrogens with one attached hydrogen (secondary N) is 1. The lowest BCUT2D eigenvalue weighted by Crippen LogP contribution is -2.58. The third kappa shape index (κ3) is 6.50. The molecule has 0 bridgehead atoms. The lowest BCUT2D eigenvalue weighted by molar-refractivity contribution is -0.135. The zero-order valence-corrected chi connectivity index (χ0v) is 25.3. The molecule has 0 spiro atoms. The van der Waals surface area contributed by atoms with Crippen LogP contribution in [0.2, 0.25) is 0 Å². The van der Waals surface area contributed by atoms with Crippen LogP contribution in [0.4, 0.5) is 5.82 Å². The van der Waals surface area contributed by atoms with Crippen LogP contribution in [0.15, 0.2) is 60.7 Å². The number of nitrogens with two attached hydrogens (primary N) is 1. The van der Waals surface area contributed by atoms with Crippen LogP contribution in [-0.4, -0.2) is 50.2 Å². The lowest BCUT2D eigenvalue weighted by atomic mass is 9.63. The van der Waals surface area contributed by atoms with Gasteiger partial charge in [0.1, 0.15) is 5.69 Å². The van der Waals surface area contributed by atoms with Gasteiger partial charge < -0.3 is 21.1 Å². The van der Waals surface area contributed by atoms with Crippen LogP contribution < -0.4 is 11.1 Å². The Morgan fingerprint density at radius 1 is 0.953 bits per heavy atom. The summed E-state index contributed by atoms with van der Waals surface area (Å²) < 4.78 is 0. The first-order valence-corrected chi connectivity index (χ1v) is 15.8. The van der Waals surface area contributed by atoms with E-state index < -0.39 is 11.1 Å². The van der Waals surface area contributed by atoms with Gasteiger partial charge in [0.2, 0.25) is 11.8 Å². The van der Waals surface area contributed by atoms with Gasteiger partial charge in [0, 0.05) is 41.6 Å². The first-order chi connectivity index (χ1) is 20.6. The van der Waals surface area contributed by atoms with Crippen LogP contribution in [-0.2, 0) is 15.1 Å². The van der Waals surface area contributed by atoms with Crippen LogP contribution >= 0.6 is 0 Å². The van der Waals surface area contributed by atoms with Crippen molar-refractivity contribution in [2.45, 2.75) is 88.8 Å². The van der Waals surface area contributed by atoms with Crippen molar-refractivity contribution in [2.75, 3.05) is 11.9 Å². The molecule has 1 aromatic heterocycles. The van der Waals surface area contributed by atoms with Gasteiger partial charge in [0.15, 0.2) is 5.82 Å². The molecule has 3 aliphatic carbocycles. The van der Waals surface area contributed by atoms with Crippen molar-refractivity contribution in [1.82, 2.24) is 15.1 Å². The number of amides is 2. The Balaban J connectivity index is 1.13. The predicted octanol–water partition coefficient (Wildman–Crippen LogP) is 5.66. The molecule has 3 saturated carbocycles. The van der Waals surface area contributed by atoms with Crippen molar-refractivity contribution in [3.05, 3.63) is 66.2 Å². The second kappa shape index (κ2) is 11.8. The molecule has 0 saturated heterocycles. The molecule has 3 aliphatic rings. The maximum Gasteiger partial charge on any atom is 0.225 e.